The predicted molar refractivity (Wildman–Crippen MR) is 54.3 cm³/mol. The average molecular weight is 224 g/mol. The molecule has 7 heteroatoms. The quantitative estimate of drug-likeness (QED) is 0.711. The molecule has 0 aliphatic carbocycles. The highest BCUT2D eigenvalue weighted by atomic mass is 32.2. The number of hydrogen-bond donors (Lipinski definition) is 1. The van der Waals surface area contributed by atoms with Crippen molar-refractivity contribution in [2.75, 3.05) is 4.83 Å². The molecule has 0 aliphatic heterocycles. The van der Waals surface area contributed by atoms with E-state index in [1.165, 1.54) is 0 Å². The largest absolute Gasteiger partial charge is 0.754 e. The molecule has 0 saturated carbocycles. The molecule has 2 aromatic rings. The molecule has 0 spiro atoms. The number of nitrogens with one attached hydrogen (secondary N) is 1. The minimum Gasteiger partial charge on any atom is -0.754 e. The second-order valence-corrected chi connectivity index (χ2v) is 3.41. The molecule has 0 aliphatic rings. The summed E-state index contributed by atoms with van der Waals surface area (Å²) in [5, 5.41) is 0.359. The zero-order valence-electron chi connectivity index (χ0n) is 7.41. The van der Waals surface area contributed by atoms with Crippen LogP contribution in [0.25, 0.3) is 10.9 Å². The second kappa shape index (κ2) is 3.79. The van der Waals surface area contributed by atoms with Crippen LogP contribution in [-0.2, 0) is 11.3 Å². The lowest BCUT2D eigenvalue weighted by molar-refractivity contribution is 0.536. The van der Waals surface area contributed by atoms with Crippen LogP contribution in [-0.4, -0.2) is 18.4 Å². The van der Waals surface area contributed by atoms with Gasteiger partial charge in [-0.25, -0.2) is 14.5 Å². The lowest BCUT2D eigenvalue weighted by atomic mass is 10.2. The van der Waals surface area contributed by atoms with Crippen LogP contribution in [0, 0.1) is 0 Å². The summed E-state index contributed by atoms with van der Waals surface area (Å²) in [6.45, 7) is 0. The molecule has 1 N–H and O–H groups in total. The zero-order chi connectivity index (χ0) is 10.8. The van der Waals surface area contributed by atoms with Crippen molar-refractivity contribution >= 4 is 22.2 Å². The van der Waals surface area contributed by atoms with Crippen molar-refractivity contribution in [3.63, 3.8) is 0 Å². The van der Waals surface area contributed by atoms with Crippen molar-refractivity contribution in [2.45, 2.75) is 0 Å². The van der Waals surface area contributed by atoms with Crippen molar-refractivity contribution in [2.24, 2.45) is 0 Å². The smallest absolute Gasteiger partial charge is 0.280 e. The first-order chi connectivity index (χ1) is 7.18. The van der Waals surface area contributed by atoms with Gasteiger partial charge in [-0.3, -0.25) is 9.00 Å². The van der Waals surface area contributed by atoms with Crippen molar-refractivity contribution < 1.29 is 8.76 Å². The van der Waals surface area contributed by atoms with Crippen LogP contribution in [0.5, 0.6) is 0 Å². The number of para-hydroxylation sites is 1. The van der Waals surface area contributed by atoms with E-state index >= 15 is 0 Å². The molecule has 0 fully saturated rings. The number of benzene rings is 1. The van der Waals surface area contributed by atoms with Crippen molar-refractivity contribution in [1.29, 1.82) is 0 Å². The van der Waals surface area contributed by atoms with Gasteiger partial charge in [0.15, 0.2) is 0 Å². The molecule has 15 heavy (non-hydrogen) atoms. The summed E-state index contributed by atoms with van der Waals surface area (Å²) in [6, 6.07) is 6.69. The van der Waals surface area contributed by atoms with Crippen LogP contribution in [0.2, 0.25) is 0 Å². The Morgan fingerprint density at radius 2 is 2.13 bits per heavy atom. The molecule has 1 aromatic heterocycles. The molecular formula is C8H6N3O3S-. The molecule has 0 bridgehead atoms. The lowest BCUT2D eigenvalue weighted by Crippen LogP contribution is -2.30. The fourth-order valence-corrected chi connectivity index (χ4v) is 1.51. The zero-order valence-corrected chi connectivity index (χ0v) is 8.23. The molecule has 0 radical (unpaired) electrons. The third-order valence-electron chi connectivity index (χ3n) is 1.84. The summed E-state index contributed by atoms with van der Waals surface area (Å²) in [4.78, 5) is 17.5. The first kappa shape index (κ1) is 9.81. The third-order valence-corrected chi connectivity index (χ3v) is 2.18. The Labute approximate surface area is 87.0 Å². The van der Waals surface area contributed by atoms with Gasteiger partial charge in [0, 0.05) is 0 Å². The van der Waals surface area contributed by atoms with Gasteiger partial charge in [-0.2, -0.15) is 0 Å². The predicted octanol–water partition coefficient (Wildman–Crippen LogP) is -0.266. The number of fused-ring (bicyclic) bond motifs is 1. The summed E-state index contributed by atoms with van der Waals surface area (Å²) in [6.07, 6.45) is 1.13. The van der Waals surface area contributed by atoms with Crippen LogP contribution < -0.4 is 10.4 Å². The molecule has 6 nitrogen and oxygen atoms in total. The standard InChI is InChI=1S/C8H7N3O3S/c12-8-6-3-1-2-4-7(6)9-5-11(8)10-15(13)14/h1-5,10H,(H,13,14)/p-1. The van der Waals surface area contributed by atoms with Gasteiger partial charge < -0.3 is 4.55 Å². The van der Waals surface area contributed by atoms with E-state index in [0.717, 1.165) is 11.0 Å². The lowest BCUT2D eigenvalue weighted by Gasteiger charge is -2.10. The van der Waals surface area contributed by atoms with Crippen LogP contribution >= 0.6 is 0 Å². The SMILES string of the molecule is O=c1c2ccccc2ncn1NS(=O)[O-]. The molecule has 1 atom stereocenters. The maximum Gasteiger partial charge on any atom is 0.280 e. The summed E-state index contributed by atoms with van der Waals surface area (Å²) in [7, 11) is 0. The minimum absolute atomic E-state index is 0.359. The van der Waals surface area contributed by atoms with Crippen LogP contribution in [0.3, 0.4) is 0 Å². The van der Waals surface area contributed by atoms with E-state index in [1.807, 2.05) is 4.83 Å². The van der Waals surface area contributed by atoms with Crippen LogP contribution in [0.15, 0.2) is 35.4 Å². The Kier molecular flexibility index (Phi) is 2.48. The molecule has 0 amide bonds. The van der Waals surface area contributed by atoms with Gasteiger partial charge in [-0.1, -0.05) is 12.1 Å². The van der Waals surface area contributed by atoms with Crippen molar-refractivity contribution in [3.8, 4) is 0 Å². The van der Waals surface area contributed by atoms with Gasteiger partial charge in [0.2, 0.25) is 0 Å². The topological polar surface area (TPSA) is 87.0 Å². The van der Waals surface area contributed by atoms with E-state index in [4.69, 9.17) is 0 Å². The Balaban J connectivity index is 2.65. The van der Waals surface area contributed by atoms with Gasteiger partial charge in [-0.15, -0.1) is 0 Å². The second-order valence-electron chi connectivity index (χ2n) is 2.76. The molecule has 1 heterocycles. The molecular weight excluding hydrogens is 218 g/mol. The monoisotopic (exact) mass is 224 g/mol. The Bertz CT molecular complexity index is 581. The van der Waals surface area contributed by atoms with Gasteiger partial charge in [0.25, 0.3) is 5.56 Å². The fraction of sp³-hybridized carbons (Fsp3) is 0. The number of aromatic nitrogens is 2. The highest BCUT2D eigenvalue weighted by Gasteiger charge is 2.01. The Morgan fingerprint density at radius 1 is 1.40 bits per heavy atom. The highest BCUT2D eigenvalue weighted by Crippen LogP contribution is 2.03. The summed E-state index contributed by atoms with van der Waals surface area (Å²) < 4.78 is 21.5. The fourth-order valence-electron chi connectivity index (χ4n) is 1.21. The minimum atomic E-state index is -2.55. The number of rotatable bonds is 2. The van der Waals surface area contributed by atoms with Crippen molar-refractivity contribution in [1.82, 2.24) is 9.66 Å². The van der Waals surface area contributed by atoms with E-state index in [9.17, 15) is 13.6 Å². The molecule has 1 unspecified atom stereocenters. The van der Waals surface area contributed by atoms with E-state index in [2.05, 4.69) is 4.98 Å². The van der Waals surface area contributed by atoms with E-state index in [1.54, 1.807) is 24.3 Å². The van der Waals surface area contributed by atoms with Gasteiger partial charge >= 0.3 is 0 Å². The summed E-state index contributed by atoms with van der Waals surface area (Å²) in [5.74, 6) is 0. The molecule has 0 saturated heterocycles. The Hall–Kier alpha value is -1.73. The normalized spacial score (nSPS) is 12.6. The van der Waals surface area contributed by atoms with E-state index < -0.39 is 16.8 Å². The maximum atomic E-state index is 11.7. The summed E-state index contributed by atoms with van der Waals surface area (Å²) in [5.41, 5.74) is 0.0713. The third kappa shape index (κ3) is 1.88. The van der Waals surface area contributed by atoms with Crippen LogP contribution in [0.4, 0.5) is 0 Å². The molecule has 1 aromatic carbocycles. The summed E-state index contributed by atoms with van der Waals surface area (Å²) >= 11 is -2.55. The van der Waals surface area contributed by atoms with Gasteiger partial charge in [0.05, 0.1) is 22.2 Å². The van der Waals surface area contributed by atoms with Crippen LogP contribution in [0.1, 0.15) is 0 Å². The number of hydrogen-bond acceptors (Lipinski definition) is 4. The maximum absolute atomic E-state index is 11.7. The number of nitrogens with zero attached hydrogens (tertiary/aromatic N) is 2. The Morgan fingerprint density at radius 3 is 2.87 bits per heavy atom. The average Bonchev–Trinajstić information content (AvgIpc) is 2.22. The molecule has 78 valence electrons. The molecule has 2 rings (SSSR count). The van der Waals surface area contributed by atoms with E-state index in [0.29, 0.717) is 10.9 Å². The van der Waals surface area contributed by atoms with E-state index in [-0.39, 0.29) is 0 Å². The first-order valence-corrected chi connectivity index (χ1v) is 5.08. The van der Waals surface area contributed by atoms with Crippen molar-refractivity contribution in [3.05, 3.63) is 40.9 Å². The van der Waals surface area contributed by atoms with Gasteiger partial charge in [0.1, 0.15) is 6.33 Å². The highest BCUT2D eigenvalue weighted by molar-refractivity contribution is 7.80. The first-order valence-electron chi connectivity index (χ1n) is 4.01. The van der Waals surface area contributed by atoms with Gasteiger partial charge in [-0.05, 0) is 12.1 Å².